The van der Waals surface area contributed by atoms with Crippen molar-refractivity contribution in [1.82, 2.24) is 10.2 Å². The highest BCUT2D eigenvalue weighted by Gasteiger charge is 2.38. The van der Waals surface area contributed by atoms with E-state index in [0.29, 0.717) is 41.2 Å². The number of nitrogens with one attached hydrogen (secondary N) is 3. The molecule has 1 atom stereocenters. The molecular weight excluding hydrogens is 512 g/mol. The van der Waals surface area contributed by atoms with Crippen molar-refractivity contribution < 1.29 is 19.1 Å². The van der Waals surface area contributed by atoms with Crippen LogP contribution in [0.15, 0.2) is 89.3 Å². The van der Waals surface area contributed by atoms with Gasteiger partial charge in [-0.1, -0.05) is 49.4 Å². The van der Waals surface area contributed by atoms with E-state index >= 15 is 0 Å². The lowest BCUT2D eigenvalue weighted by Gasteiger charge is -2.36. The quantitative estimate of drug-likeness (QED) is 0.211. The molecule has 3 N–H and O–H groups in total. The van der Waals surface area contributed by atoms with Crippen molar-refractivity contribution in [2.45, 2.75) is 31.2 Å². The van der Waals surface area contributed by atoms with Crippen LogP contribution in [0.3, 0.4) is 0 Å². The van der Waals surface area contributed by atoms with Crippen LogP contribution in [0, 0.1) is 0 Å². The number of amides is 4. The molecule has 1 heterocycles. The predicted octanol–water partition coefficient (Wildman–Crippen LogP) is 6.50. The Hall–Kier alpha value is -4.24. The van der Waals surface area contributed by atoms with Gasteiger partial charge in [-0.05, 0) is 67.1 Å². The molecule has 39 heavy (non-hydrogen) atoms. The van der Waals surface area contributed by atoms with E-state index in [4.69, 9.17) is 4.74 Å². The maximum Gasteiger partial charge on any atom is 0.338 e. The Morgan fingerprint density at radius 2 is 1.54 bits per heavy atom. The molecule has 3 aromatic carbocycles. The first-order chi connectivity index (χ1) is 18.9. The number of carbonyl (C=O) groups excluding carboxylic acids is 3. The molecule has 0 saturated carbocycles. The number of thioether (sulfide) groups is 1. The lowest BCUT2D eigenvalue weighted by molar-refractivity contribution is -0.138. The second-order valence-corrected chi connectivity index (χ2v) is 9.69. The number of rotatable bonds is 9. The first-order valence-electron chi connectivity index (χ1n) is 12.8. The van der Waals surface area contributed by atoms with Crippen LogP contribution >= 0.6 is 11.8 Å². The van der Waals surface area contributed by atoms with Crippen molar-refractivity contribution in [3.63, 3.8) is 0 Å². The molecule has 0 aromatic heterocycles. The van der Waals surface area contributed by atoms with E-state index in [1.807, 2.05) is 67.8 Å². The van der Waals surface area contributed by atoms with Crippen molar-refractivity contribution in [2.75, 3.05) is 30.0 Å². The number of anilines is 2. The van der Waals surface area contributed by atoms with Gasteiger partial charge in [0.05, 0.1) is 23.9 Å². The largest absolute Gasteiger partial charge is 0.463 e. The van der Waals surface area contributed by atoms with Gasteiger partial charge in [0.1, 0.15) is 0 Å². The summed E-state index contributed by atoms with van der Waals surface area (Å²) in [5.74, 6) is -0.489. The average molecular weight is 545 g/mol. The van der Waals surface area contributed by atoms with E-state index in [1.165, 1.54) is 0 Å². The second kappa shape index (κ2) is 13.0. The number of ether oxygens (including phenoxy) is 1. The molecule has 0 radical (unpaired) electrons. The highest BCUT2D eigenvalue weighted by molar-refractivity contribution is 7.98. The van der Waals surface area contributed by atoms with Crippen LogP contribution in [-0.4, -0.2) is 42.3 Å². The Bertz CT molecular complexity index is 1340. The van der Waals surface area contributed by atoms with E-state index in [2.05, 4.69) is 16.0 Å². The SMILES string of the molecule is CCCN1C(=O)NC(c2ccc(NC(=O)Nc3ccc(SC)cc3)cc2)C(C(=O)OCC)=C1c1ccccc1. The minimum Gasteiger partial charge on any atom is -0.463 e. The molecule has 8 nitrogen and oxygen atoms in total. The van der Waals surface area contributed by atoms with Crippen molar-refractivity contribution in [1.29, 1.82) is 0 Å². The van der Waals surface area contributed by atoms with Gasteiger partial charge in [0.25, 0.3) is 0 Å². The van der Waals surface area contributed by atoms with Crippen LogP contribution in [0.1, 0.15) is 37.4 Å². The minimum atomic E-state index is -0.724. The van der Waals surface area contributed by atoms with Crippen molar-refractivity contribution >= 4 is 46.9 Å². The number of urea groups is 2. The van der Waals surface area contributed by atoms with Gasteiger partial charge >= 0.3 is 18.0 Å². The van der Waals surface area contributed by atoms with Gasteiger partial charge in [-0.3, -0.25) is 4.90 Å². The first kappa shape index (κ1) is 27.8. The van der Waals surface area contributed by atoms with Crippen LogP contribution in [0.25, 0.3) is 5.70 Å². The van der Waals surface area contributed by atoms with Gasteiger partial charge in [0.2, 0.25) is 0 Å². The third-order valence-electron chi connectivity index (χ3n) is 6.17. The standard InChI is InChI=1S/C30H32N4O4S/c1-4-19-34-27(21-9-7-6-8-10-21)25(28(35)38-5-2)26(33-30(34)37)20-11-13-22(14-12-20)31-29(36)32-23-15-17-24(39-3)18-16-23/h6-18,26H,4-5,19H2,1-3H3,(H,33,37)(H2,31,32,36). The zero-order valence-electron chi connectivity index (χ0n) is 22.2. The molecule has 1 aliphatic rings. The monoisotopic (exact) mass is 544 g/mol. The molecule has 0 spiro atoms. The maximum absolute atomic E-state index is 13.3. The molecule has 3 aromatic rings. The molecule has 4 amide bonds. The van der Waals surface area contributed by atoms with E-state index in [1.54, 1.807) is 47.9 Å². The molecule has 4 rings (SSSR count). The fraction of sp³-hybridized carbons (Fsp3) is 0.233. The topological polar surface area (TPSA) is 99.8 Å². The third kappa shape index (κ3) is 6.61. The van der Waals surface area contributed by atoms with E-state index in [0.717, 1.165) is 10.5 Å². The zero-order valence-corrected chi connectivity index (χ0v) is 23.0. The van der Waals surface area contributed by atoms with Crippen molar-refractivity contribution in [3.05, 3.63) is 95.6 Å². The molecule has 0 saturated heterocycles. The molecule has 1 aliphatic heterocycles. The summed E-state index contributed by atoms with van der Waals surface area (Å²) in [6, 6.07) is 22.6. The molecule has 9 heteroatoms. The number of esters is 1. The second-order valence-electron chi connectivity index (χ2n) is 8.81. The van der Waals surface area contributed by atoms with Gasteiger partial charge in [-0.15, -0.1) is 11.8 Å². The lowest BCUT2D eigenvalue weighted by atomic mass is 9.91. The number of hydrogen-bond donors (Lipinski definition) is 3. The third-order valence-corrected chi connectivity index (χ3v) is 6.91. The van der Waals surface area contributed by atoms with Crippen molar-refractivity contribution in [3.8, 4) is 0 Å². The van der Waals surface area contributed by atoms with Crippen LogP contribution in [0.5, 0.6) is 0 Å². The molecule has 0 bridgehead atoms. The Labute approximate surface area is 232 Å². The minimum absolute atomic E-state index is 0.205. The van der Waals surface area contributed by atoms with Crippen LogP contribution in [-0.2, 0) is 9.53 Å². The highest BCUT2D eigenvalue weighted by atomic mass is 32.2. The fourth-order valence-corrected chi connectivity index (χ4v) is 4.81. The summed E-state index contributed by atoms with van der Waals surface area (Å²) in [5.41, 5.74) is 3.60. The van der Waals surface area contributed by atoms with E-state index < -0.39 is 12.0 Å². The number of benzene rings is 3. The molecule has 1 unspecified atom stereocenters. The maximum atomic E-state index is 13.3. The van der Waals surface area contributed by atoms with Gasteiger partial charge in [0.15, 0.2) is 0 Å². The predicted molar refractivity (Wildman–Crippen MR) is 156 cm³/mol. The number of hydrogen-bond acceptors (Lipinski definition) is 5. The molecule has 202 valence electrons. The average Bonchev–Trinajstić information content (AvgIpc) is 2.95. The Morgan fingerprint density at radius 3 is 2.10 bits per heavy atom. The van der Waals surface area contributed by atoms with E-state index in [9.17, 15) is 14.4 Å². The lowest BCUT2D eigenvalue weighted by Crippen LogP contribution is -2.48. The summed E-state index contributed by atoms with van der Waals surface area (Å²) in [7, 11) is 0. The Kier molecular flexibility index (Phi) is 9.27. The number of carbonyl (C=O) groups is 3. The van der Waals surface area contributed by atoms with Gasteiger partial charge < -0.3 is 20.7 Å². The smallest absolute Gasteiger partial charge is 0.338 e. The summed E-state index contributed by atoms with van der Waals surface area (Å²) >= 11 is 1.63. The molecule has 0 fully saturated rings. The van der Waals surface area contributed by atoms with Gasteiger partial charge in [-0.2, -0.15) is 0 Å². The zero-order chi connectivity index (χ0) is 27.8. The number of nitrogens with zero attached hydrogens (tertiary/aromatic N) is 1. The van der Waals surface area contributed by atoms with Crippen LogP contribution in [0.2, 0.25) is 0 Å². The van der Waals surface area contributed by atoms with Crippen molar-refractivity contribution in [2.24, 2.45) is 0 Å². The summed E-state index contributed by atoms with van der Waals surface area (Å²) in [6.45, 7) is 4.39. The Morgan fingerprint density at radius 1 is 0.923 bits per heavy atom. The van der Waals surface area contributed by atoms with Crippen LogP contribution in [0.4, 0.5) is 21.0 Å². The van der Waals surface area contributed by atoms with Crippen LogP contribution < -0.4 is 16.0 Å². The summed E-state index contributed by atoms with van der Waals surface area (Å²) in [5, 5.41) is 8.61. The summed E-state index contributed by atoms with van der Waals surface area (Å²) < 4.78 is 5.45. The summed E-state index contributed by atoms with van der Waals surface area (Å²) in [6.07, 6.45) is 2.71. The summed E-state index contributed by atoms with van der Waals surface area (Å²) in [4.78, 5) is 41.8. The highest BCUT2D eigenvalue weighted by Crippen LogP contribution is 2.37. The van der Waals surface area contributed by atoms with E-state index in [-0.39, 0.29) is 18.7 Å². The normalized spacial score (nSPS) is 15.0. The fourth-order valence-electron chi connectivity index (χ4n) is 4.40. The van der Waals surface area contributed by atoms with Gasteiger partial charge in [-0.25, -0.2) is 14.4 Å². The molecule has 0 aliphatic carbocycles. The Balaban J connectivity index is 1.63. The van der Waals surface area contributed by atoms with Gasteiger partial charge in [0, 0.05) is 22.8 Å². The molecular formula is C30H32N4O4S. The first-order valence-corrected chi connectivity index (χ1v) is 14.0.